The third-order valence-corrected chi connectivity index (χ3v) is 6.53. The smallest absolute Gasteiger partial charge is 0.254 e. The lowest BCUT2D eigenvalue weighted by atomic mass is 10.1. The lowest BCUT2D eigenvalue weighted by Gasteiger charge is -2.36. The van der Waals surface area contributed by atoms with Gasteiger partial charge in [-0.15, -0.1) is 0 Å². The van der Waals surface area contributed by atoms with E-state index in [2.05, 4.69) is 4.72 Å². The topological polar surface area (TPSA) is 79.0 Å². The summed E-state index contributed by atoms with van der Waals surface area (Å²) >= 11 is 0. The normalized spacial score (nSPS) is 14.8. The molecule has 0 aromatic heterocycles. The Morgan fingerprint density at radius 2 is 1.77 bits per heavy atom. The van der Waals surface area contributed by atoms with Gasteiger partial charge in [0.15, 0.2) is 0 Å². The van der Waals surface area contributed by atoms with Crippen molar-refractivity contribution in [2.24, 2.45) is 0 Å². The van der Waals surface area contributed by atoms with E-state index in [-0.39, 0.29) is 34.0 Å². The first-order valence-corrected chi connectivity index (χ1v) is 11.2. The quantitative estimate of drug-likeness (QED) is 0.754. The van der Waals surface area contributed by atoms with E-state index in [9.17, 15) is 17.6 Å². The summed E-state index contributed by atoms with van der Waals surface area (Å²) in [7, 11) is -2.45. The van der Waals surface area contributed by atoms with Crippen LogP contribution in [-0.2, 0) is 10.0 Å². The van der Waals surface area contributed by atoms with E-state index in [0.29, 0.717) is 31.9 Å². The monoisotopic (exact) mass is 435 g/mol. The highest BCUT2D eigenvalue weighted by molar-refractivity contribution is 7.89. The van der Waals surface area contributed by atoms with Crippen LogP contribution in [0.15, 0.2) is 47.4 Å². The molecule has 1 fully saturated rings. The van der Waals surface area contributed by atoms with E-state index in [0.717, 1.165) is 0 Å². The predicted molar refractivity (Wildman–Crippen MR) is 113 cm³/mol. The van der Waals surface area contributed by atoms with Crippen LogP contribution in [0.5, 0.6) is 5.75 Å². The molecule has 3 rings (SSSR count). The highest BCUT2D eigenvalue weighted by atomic mass is 32.2. The number of carbonyl (C=O) groups excluding carboxylic acids is 1. The highest BCUT2D eigenvalue weighted by Gasteiger charge is 2.26. The number of piperazine rings is 1. The highest BCUT2D eigenvalue weighted by Crippen LogP contribution is 2.26. The molecule has 2 aromatic carbocycles. The van der Waals surface area contributed by atoms with E-state index < -0.39 is 10.0 Å². The molecule has 1 N–H and O–H groups in total. The number of benzene rings is 2. The van der Waals surface area contributed by atoms with E-state index in [1.807, 2.05) is 4.90 Å². The summed E-state index contributed by atoms with van der Waals surface area (Å²) in [5.74, 6) is -0.393. The number of carbonyl (C=O) groups is 1. The van der Waals surface area contributed by atoms with Crippen LogP contribution in [0.3, 0.4) is 0 Å². The van der Waals surface area contributed by atoms with E-state index in [1.165, 1.54) is 25.3 Å². The summed E-state index contributed by atoms with van der Waals surface area (Å²) in [6.45, 7) is 5.23. The Hall–Kier alpha value is -2.65. The minimum atomic E-state index is -3.83. The number of hydrogen-bond donors (Lipinski definition) is 1. The molecule has 0 atom stereocenters. The Morgan fingerprint density at radius 1 is 1.10 bits per heavy atom. The summed E-state index contributed by atoms with van der Waals surface area (Å²) in [4.78, 5) is 16.5. The average Bonchev–Trinajstić information content (AvgIpc) is 2.72. The Labute approximate surface area is 176 Å². The van der Waals surface area contributed by atoms with Gasteiger partial charge in [-0.25, -0.2) is 17.5 Å². The maximum atomic E-state index is 14.0. The molecule has 0 saturated carbocycles. The van der Waals surface area contributed by atoms with Gasteiger partial charge in [0.25, 0.3) is 5.91 Å². The molecule has 30 heavy (non-hydrogen) atoms. The standard InChI is InChI=1S/C21H26FN3O4S/c1-15(2)23-30(27,28)20-14-16(8-9-19(20)29-3)21(26)25-12-10-24(11-13-25)18-7-5-4-6-17(18)22/h4-9,14-15,23H,10-13H2,1-3H3. The van der Waals surface area contributed by atoms with Gasteiger partial charge >= 0.3 is 0 Å². The Kier molecular flexibility index (Phi) is 6.62. The Balaban J connectivity index is 1.78. The van der Waals surface area contributed by atoms with Crippen LogP contribution in [-0.4, -0.2) is 58.6 Å². The van der Waals surface area contributed by atoms with Crippen molar-refractivity contribution >= 4 is 21.6 Å². The molecule has 0 bridgehead atoms. The van der Waals surface area contributed by atoms with Crippen LogP contribution < -0.4 is 14.4 Å². The molecule has 2 aromatic rings. The fraction of sp³-hybridized carbons (Fsp3) is 0.381. The van der Waals surface area contributed by atoms with Gasteiger partial charge in [0.2, 0.25) is 10.0 Å². The number of halogens is 1. The van der Waals surface area contributed by atoms with Gasteiger partial charge in [0.05, 0.1) is 12.8 Å². The van der Waals surface area contributed by atoms with Crippen LogP contribution in [0, 0.1) is 5.82 Å². The molecule has 7 nitrogen and oxygen atoms in total. The minimum Gasteiger partial charge on any atom is -0.495 e. The van der Waals surface area contributed by atoms with Gasteiger partial charge in [-0.05, 0) is 44.2 Å². The second-order valence-corrected chi connectivity index (χ2v) is 9.05. The number of rotatable bonds is 6. The van der Waals surface area contributed by atoms with Crippen molar-refractivity contribution in [1.29, 1.82) is 0 Å². The third kappa shape index (κ3) is 4.73. The minimum absolute atomic E-state index is 0.0745. The molecule has 0 unspecified atom stereocenters. The first kappa shape index (κ1) is 22.0. The van der Waals surface area contributed by atoms with Crippen molar-refractivity contribution in [3.8, 4) is 5.75 Å². The zero-order chi connectivity index (χ0) is 21.9. The van der Waals surface area contributed by atoms with Crippen molar-refractivity contribution in [3.63, 3.8) is 0 Å². The maximum Gasteiger partial charge on any atom is 0.254 e. The maximum absolute atomic E-state index is 14.0. The summed E-state index contributed by atoms with van der Waals surface area (Å²) in [5, 5.41) is 0. The number of hydrogen-bond acceptors (Lipinski definition) is 5. The number of anilines is 1. The summed E-state index contributed by atoms with van der Waals surface area (Å²) in [6, 6.07) is 10.6. The zero-order valence-electron chi connectivity index (χ0n) is 17.3. The average molecular weight is 436 g/mol. The fourth-order valence-corrected chi connectivity index (χ4v) is 4.88. The fourth-order valence-electron chi connectivity index (χ4n) is 3.43. The largest absolute Gasteiger partial charge is 0.495 e. The molecule has 9 heteroatoms. The van der Waals surface area contributed by atoms with Crippen LogP contribution >= 0.6 is 0 Å². The van der Waals surface area contributed by atoms with Gasteiger partial charge in [-0.1, -0.05) is 12.1 Å². The number of para-hydroxylation sites is 1. The lowest BCUT2D eigenvalue weighted by Crippen LogP contribution is -2.49. The molecule has 1 amide bonds. The van der Waals surface area contributed by atoms with Crippen molar-refractivity contribution in [2.75, 3.05) is 38.2 Å². The van der Waals surface area contributed by atoms with Crippen molar-refractivity contribution in [2.45, 2.75) is 24.8 Å². The lowest BCUT2D eigenvalue weighted by molar-refractivity contribution is 0.0746. The first-order valence-electron chi connectivity index (χ1n) is 9.72. The molecule has 1 aliphatic rings. The predicted octanol–water partition coefficient (Wildman–Crippen LogP) is 2.48. The number of nitrogens with one attached hydrogen (secondary N) is 1. The van der Waals surface area contributed by atoms with Crippen molar-refractivity contribution in [3.05, 3.63) is 53.8 Å². The number of nitrogens with zero attached hydrogens (tertiary/aromatic N) is 2. The van der Waals surface area contributed by atoms with Crippen LogP contribution in [0.2, 0.25) is 0 Å². The molecule has 0 aliphatic carbocycles. The summed E-state index contributed by atoms with van der Waals surface area (Å²) in [6.07, 6.45) is 0. The zero-order valence-corrected chi connectivity index (χ0v) is 18.1. The van der Waals surface area contributed by atoms with E-state index >= 15 is 0 Å². The van der Waals surface area contributed by atoms with E-state index in [1.54, 1.807) is 43.0 Å². The second kappa shape index (κ2) is 9.01. The molecule has 162 valence electrons. The van der Waals surface area contributed by atoms with Gasteiger partial charge in [-0.3, -0.25) is 4.79 Å². The summed E-state index contributed by atoms with van der Waals surface area (Å²) < 4.78 is 47.0. The summed E-state index contributed by atoms with van der Waals surface area (Å²) in [5.41, 5.74) is 0.779. The first-order chi connectivity index (χ1) is 14.2. The van der Waals surface area contributed by atoms with Crippen LogP contribution in [0.1, 0.15) is 24.2 Å². The van der Waals surface area contributed by atoms with Gasteiger partial charge in [-0.2, -0.15) is 0 Å². The van der Waals surface area contributed by atoms with Crippen molar-refractivity contribution in [1.82, 2.24) is 9.62 Å². The molecule has 0 radical (unpaired) electrons. The van der Waals surface area contributed by atoms with Gasteiger partial charge < -0.3 is 14.5 Å². The van der Waals surface area contributed by atoms with Gasteiger partial charge in [0, 0.05) is 37.8 Å². The van der Waals surface area contributed by atoms with Crippen LogP contribution in [0.4, 0.5) is 10.1 Å². The molecule has 1 saturated heterocycles. The second-order valence-electron chi connectivity index (χ2n) is 7.37. The number of ether oxygens (including phenoxy) is 1. The Bertz CT molecular complexity index is 1020. The molecular formula is C21H26FN3O4S. The van der Waals surface area contributed by atoms with Crippen molar-refractivity contribution < 1.29 is 22.3 Å². The molecule has 0 spiro atoms. The Morgan fingerprint density at radius 3 is 2.37 bits per heavy atom. The number of amides is 1. The molecular weight excluding hydrogens is 409 g/mol. The molecule has 1 heterocycles. The van der Waals surface area contributed by atoms with Crippen LogP contribution in [0.25, 0.3) is 0 Å². The number of sulfonamides is 1. The third-order valence-electron chi connectivity index (χ3n) is 4.85. The SMILES string of the molecule is COc1ccc(C(=O)N2CCN(c3ccccc3F)CC2)cc1S(=O)(=O)NC(C)C. The molecule has 1 aliphatic heterocycles. The number of methoxy groups -OCH3 is 1. The van der Waals surface area contributed by atoms with E-state index in [4.69, 9.17) is 4.74 Å². The van der Waals surface area contributed by atoms with Gasteiger partial charge in [0.1, 0.15) is 16.5 Å².